The summed E-state index contributed by atoms with van der Waals surface area (Å²) in [6, 6.07) is 13.3. The van der Waals surface area contributed by atoms with Gasteiger partial charge >= 0.3 is 0 Å². The Kier molecular flexibility index (Phi) is 5.53. The molecule has 4 rings (SSSR count). The Morgan fingerprint density at radius 2 is 2.00 bits per heavy atom. The second-order valence-corrected chi connectivity index (χ2v) is 7.95. The molecular weight excluding hydrogens is 372 g/mol. The molecular formula is C21H22N4O2S. The van der Waals surface area contributed by atoms with Gasteiger partial charge in [-0.2, -0.15) is 5.10 Å². The Hall–Kier alpha value is -2.93. The van der Waals surface area contributed by atoms with Crippen molar-refractivity contribution >= 4 is 28.8 Å². The van der Waals surface area contributed by atoms with Crippen molar-refractivity contribution in [2.24, 2.45) is 5.92 Å². The van der Waals surface area contributed by atoms with Crippen LogP contribution < -0.4 is 10.6 Å². The molecule has 1 aromatic carbocycles. The van der Waals surface area contributed by atoms with Gasteiger partial charge in [-0.3, -0.25) is 14.7 Å². The average Bonchev–Trinajstić information content (AvgIpc) is 3.48. The van der Waals surface area contributed by atoms with Gasteiger partial charge in [-0.1, -0.05) is 31.0 Å². The van der Waals surface area contributed by atoms with Crippen LogP contribution in [0.25, 0.3) is 10.6 Å². The third-order valence-corrected chi connectivity index (χ3v) is 5.87. The van der Waals surface area contributed by atoms with Crippen molar-refractivity contribution in [3.8, 4) is 10.6 Å². The van der Waals surface area contributed by atoms with E-state index in [1.165, 1.54) is 0 Å². The van der Waals surface area contributed by atoms with Crippen molar-refractivity contribution in [3.63, 3.8) is 0 Å². The molecule has 28 heavy (non-hydrogen) atoms. The minimum absolute atomic E-state index is 0.0938. The Labute approximate surface area is 167 Å². The average molecular weight is 394 g/mol. The van der Waals surface area contributed by atoms with Crippen LogP contribution in [0.15, 0.2) is 47.8 Å². The molecule has 0 radical (unpaired) electrons. The zero-order valence-corrected chi connectivity index (χ0v) is 16.2. The van der Waals surface area contributed by atoms with Gasteiger partial charge in [0.25, 0.3) is 5.91 Å². The molecule has 0 saturated heterocycles. The summed E-state index contributed by atoms with van der Waals surface area (Å²) >= 11 is 1.59. The Balaban J connectivity index is 1.34. The monoisotopic (exact) mass is 394 g/mol. The van der Waals surface area contributed by atoms with E-state index < -0.39 is 0 Å². The number of hydrogen-bond donors (Lipinski definition) is 3. The van der Waals surface area contributed by atoms with Crippen molar-refractivity contribution in [2.45, 2.75) is 32.2 Å². The number of carbonyl (C=O) groups is 2. The van der Waals surface area contributed by atoms with Crippen LogP contribution in [0.1, 0.15) is 41.7 Å². The minimum Gasteiger partial charge on any atom is -0.347 e. The maximum Gasteiger partial charge on any atom is 0.272 e. The Morgan fingerprint density at radius 3 is 2.79 bits per heavy atom. The predicted octanol–water partition coefficient (Wildman–Crippen LogP) is 4.20. The fourth-order valence-corrected chi connectivity index (χ4v) is 4.15. The molecule has 1 aliphatic rings. The number of aromatic amines is 1. The second kappa shape index (κ2) is 8.39. The Bertz CT molecular complexity index is 958. The second-order valence-electron chi connectivity index (χ2n) is 7.00. The standard InChI is InChI=1S/C21H22N4O2S/c26-20(15-6-1-2-7-15)23-16-8-3-5-14(11-16)13-22-21(27)18-12-17(24-25-18)19-9-4-10-28-19/h3-5,8-12,15H,1-2,6-7,13H2,(H,22,27)(H,23,26)(H,24,25). The molecule has 0 bridgehead atoms. The number of H-pyrrole nitrogens is 1. The quantitative estimate of drug-likeness (QED) is 0.586. The molecule has 3 N–H and O–H groups in total. The van der Waals surface area contributed by atoms with Crippen molar-refractivity contribution in [1.29, 1.82) is 0 Å². The maximum atomic E-state index is 12.4. The third kappa shape index (κ3) is 4.31. The molecule has 144 valence electrons. The number of hydrogen-bond acceptors (Lipinski definition) is 4. The number of benzene rings is 1. The zero-order chi connectivity index (χ0) is 19.3. The highest BCUT2D eigenvalue weighted by atomic mass is 32.1. The van der Waals surface area contributed by atoms with Crippen LogP contribution in [0, 0.1) is 5.92 Å². The number of carbonyl (C=O) groups excluding carboxylic acids is 2. The van der Waals surface area contributed by atoms with Crippen molar-refractivity contribution in [3.05, 3.63) is 59.1 Å². The van der Waals surface area contributed by atoms with Crippen molar-refractivity contribution in [2.75, 3.05) is 5.32 Å². The normalized spacial score (nSPS) is 14.1. The summed E-state index contributed by atoms with van der Waals surface area (Å²) < 4.78 is 0. The predicted molar refractivity (Wildman–Crippen MR) is 110 cm³/mol. The summed E-state index contributed by atoms with van der Waals surface area (Å²) in [6.45, 7) is 0.368. The van der Waals surface area contributed by atoms with E-state index in [4.69, 9.17) is 0 Å². The van der Waals surface area contributed by atoms with E-state index in [0.717, 1.165) is 47.5 Å². The largest absolute Gasteiger partial charge is 0.347 e. The van der Waals surface area contributed by atoms with Gasteiger partial charge < -0.3 is 10.6 Å². The molecule has 0 atom stereocenters. The van der Waals surface area contributed by atoms with E-state index in [1.807, 2.05) is 41.8 Å². The van der Waals surface area contributed by atoms with Crippen molar-refractivity contribution in [1.82, 2.24) is 15.5 Å². The number of rotatable bonds is 6. The van der Waals surface area contributed by atoms with E-state index in [0.29, 0.717) is 12.2 Å². The van der Waals surface area contributed by atoms with Gasteiger partial charge in [0.15, 0.2) is 5.69 Å². The fourth-order valence-electron chi connectivity index (χ4n) is 3.46. The summed E-state index contributed by atoms with van der Waals surface area (Å²) in [4.78, 5) is 25.7. The number of nitrogens with zero attached hydrogens (tertiary/aromatic N) is 1. The number of amides is 2. The van der Waals surface area contributed by atoms with Crippen molar-refractivity contribution < 1.29 is 9.59 Å². The van der Waals surface area contributed by atoms with Crippen LogP contribution in [0.4, 0.5) is 5.69 Å². The number of aromatic nitrogens is 2. The first kappa shape index (κ1) is 18.4. The third-order valence-electron chi connectivity index (χ3n) is 4.97. The first-order chi connectivity index (χ1) is 13.7. The number of anilines is 1. The molecule has 1 saturated carbocycles. The topological polar surface area (TPSA) is 86.9 Å². The van der Waals surface area contributed by atoms with E-state index in [2.05, 4.69) is 20.8 Å². The molecule has 1 aliphatic carbocycles. The van der Waals surface area contributed by atoms with Crippen LogP contribution in [0.5, 0.6) is 0 Å². The van der Waals surface area contributed by atoms with Crippen LogP contribution in [-0.2, 0) is 11.3 Å². The lowest BCUT2D eigenvalue weighted by molar-refractivity contribution is -0.119. The summed E-state index contributed by atoms with van der Waals surface area (Å²) in [5.74, 6) is -0.0173. The first-order valence-electron chi connectivity index (χ1n) is 9.46. The van der Waals surface area contributed by atoms with Gasteiger partial charge in [-0.15, -0.1) is 11.3 Å². The molecule has 2 aromatic heterocycles. The van der Waals surface area contributed by atoms with E-state index in [9.17, 15) is 9.59 Å². The van der Waals surface area contributed by atoms with Gasteiger partial charge in [0.05, 0.1) is 10.6 Å². The lowest BCUT2D eigenvalue weighted by Crippen LogP contribution is -2.23. The summed E-state index contributed by atoms with van der Waals surface area (Å²) in [7, 11) is 0. The zero-order valence-electron chi connectivity index (χ0n) is 15.4. The van der Waals surface area contributed by atoms with Crippen LogP contribution >= 0.6 is 11.3 Å². The number of thiophene rings is 1. The van der Waals surface area contributed by atoms with Crippen LogP contribution in [0.3, 0.4) is 0 Å². The molecule has 7 heteroatoms. The van der Waals surface area contributed by atoms with Gasteiger partial charge in [0, 0.05) is 18.2 Å². The molecule has 2 amide bonds. The molecule has 0 unspecified atom stereocenters. The van der Waals surface area contributed by atoms with Gasteiger partial charge in [0.1, 0.15) is 0 Å². The van der Waals surface area contributed by atoms with Gasteiger partial charge in [0.2, 0.25) is 5.91 Å². The highest BCUT2D eigenvalue weighted by Crippen LogP contribution is 2.26. The molecule has 2 heterocycles. The molecule has 6 nitrogen and oxygen atoms in total. The lowest BCUT2D eigenvalue weighted by Gasteiger charge is -2.11. The molecule has 3 aromatic rings. The molecule has 0 aliphatic heterocycles. The smallest absolute Gasteiger partial charge is 0.272 e. The van der Waals surface area contributed by atoms with E-state index >= 15 is 0 Å². The van der Waals surface area contributed by atoms with Gasteiger partial charge in [-0.05, 0) is 48.1 Å². The minimum atomic E-state index is -0.237. The highest BCUT2D eigenvalue weighted by molar-refractivity contribution is 7.13. The summed E-state index contributed by atoms with van der Waals surface area (Å²) in [5.41, 5.74) is 2.88. The first-order valence-corrected chi connectivity index (χ1v) is 10.3. The van der Waals surface area contributed by atoms with Gasteiger partial charge in [-0.25, -0.2) is 0 Å². The molecule has 0 spiro atoms. The van der Waals surface area contributed by atoms with Crippen LogP contribution in [0.2, 0.25) is 0 Å². The lowest BCUT2D eigenvalue weighted by atomic mass is 10.1. The maximum absolute atomic E-state index is 12.4. The summed E-state index contributed by atoms with van der Waals surface area (Å²) in [5, 5.41) is 14.8. The Morgan fingerprint density at radius 1 is 1.14 bits per heavy atom. The van der Waals surface area contributed by atoms with E-state index in [1.54, 1.807) is 17.4 Å². The number of nitrogens with one attached hydrogen (secondary N) is 3. The summed E-state index contributed by atoms with van der Waals surface area (Å²) in [6.07, 6.45) is 4.20. The SMILES string of the molecule is O=C(NCc1cccc(NC(=O)C2CCCC2)c1)c1cc(-c2cccs2)[nH]n1. The van der Waals surface area contributed by atoms with E-state index in [-0.39, 0.29) is 17.7 Å². The van der Waals surface area contributed by atoms with Crippen LogP contribution in [-0.4, -0.2) is 22.0 Å². The molecule has 1 fully saturated rings. The highest BCUT2D eigenvalue weighted by Gasteiger charge is 2.22. The fraction of sp³-hybridized carbons (Fsp3) is 0.286.